The van der Waals surface area contributed by atoms with Crippen LogP contribution in [0.2, 0.25) is 0 Å². The standard InChI is InChI=1S/C16H11F4NO3/c17-12-4-6-13(7-5-12)21-14(22)9-24-15(23)10-2-1-3-11(8-10)16(18,19)20/h1-8H,9H2,(H,21,22). The van der Waals surface area contributed by atoms with E-state index in [0.29, 0.717) is 6.07 Å². The second-order valence-corrected chi connectivity index (χ2v) is 4.71. The number of amides is 1. The van der Waals surface area contributed by atoms with Gasteiger partial charge in [0, 0.05) is 5.69 Å². The van der Waals surface area contributed by atoms with Crippen LogP contribution in [-0.2, 0) is 15.7 Å². The molecule has 24 heavy (non-hydrogen) atoms. The molecule has 0 saturated heterocycles. The second kappa shape index (κ2) is 7.12. The van der Waals surface area contributed by atoms with Crippen LogP contribution in [0.25, 0.3) is 0 Å². The topological polar surface area (TPSA) is 55.4 Å². The summed E-state index contributed by atoms with van der Waals surface area (Å²) in [6, 6.07) is 8.55. The highest BCUT2D eigenvalue weighted by Gasteiger charge is 2.31. The van der Waals surface area contributed by atoms with Gasteiger partial charge >= 0.3 is 12.1 Å². The van der Waals surface area contributed by atoms with Gasteiger partial charge in [-0.15, -0.1) is 0 Å². The molecule has 0 aromatic heterocycles. The van der Waals surface area contributed by atoms with E-state index in [4.69, 9.17) is 0 Å². The van der Waals surface area contributed by atoms with Gasteiger partial charge in [0.2, 0.25) is 0 Å². The molecular formula is C16H11F4NO3. The van der Waals surface area contributed by atoms with Crippen molar-refractivity contribution in [1.29, 1.82) is 0 Å². The Labute approximate surface area is 134 Å². The number of carbonyl (C=O) groups excluding carboxylic acids is 2. The molecular weight excluding hydrogens is 330 g/mol. The highest BCUT2D eigenvalue weighted by atomic mass is 19.4. The summed E-state index contributed by atoms with van der Waals surface area (Å²) in [4.78, 5) is 23.3. The molecule has 1 N–H and O–H groups in total. The first-order chi connectivity index (χ1) is 11.3. The van der Waals surface area contributed by atoms with Crippen molar-refractivity contribution < 1.29 is 31.9 Å². The molecule has 126 valence electrons. The van der Waals surface area contributed by atoms with Crippen LogP contribution in [0.5, 0.6) is 0 Å². The number of nitrogens with one attached hydrogen (secondary N) is 1. The fraction of sp³-hybridized carbons (Fsp3) is 0.125. The number of rotatable bonds is 4. The first kappa shape index (κ1) is 17.5. The zero-order valence-electron chi connectivity index (χ0n) is 12.1. The number of benzene rings is 2. The fourth-order valence-corrected chi connectivity index (χ4v) is 1.77. The zero-order valence-corrected chi connectivity index (χ0v) is 12.1. The van der Waals surface area contributed by atoms with Crippen molar-refractivity contribution in [3.63, 3.8) is 0 Å². The average Bonchev–Trinajstić information content (AvgIpc) is 2.54. The third-order valence-corrected chi connectivity index (χ3v) is 2.89. The average molecular weight is 341 g/mol. The van der Waals surface area contributed by atoms with Gasteiger partial charge in [-0.3, -0.25) is 4.79 Å². The maximum absolute atomic E-state index is 12.7. The molecule has 0 fully saturated rings. The third kappa shape index (κ3) is 4.80. The summed E-state index contributed by atoms with van der Waals surface area (Å²) in [7, 11) is 0. The molecule has 2 rings (SSSR count). The molecule has 0 aliphatic carbocycles. The minimum absolute atomic E-state index is 0.288. The van der Waals surface area contributed by atoms with Crippen molar-refractivity contribution >= 4 is 17.6 Å². The quantitative estimate of drug-likeness (QED) is 0.682. The van der Waals surface area contributed by atoms with Crippen molar-refractivity contribution in [2.24, 2.45) is 0 Å². The van der Waals surface area contributed by atoms with E-state index in [-0.39, 0.29) is 11.3 Å². The van der Waals surface area contributed by atoms with Crippen LogP contribution in [0.3, 0.4) is 0 Å². The van der Waals surface area contributed by atoms with Crippen LogP contribution in [-0.4, -0.2) is 18.5 Å². The van der Waals surface area contributed by atoms with Gasteiger partial charge < -0.3 is 10.1 Å². The first-order valence-corrected chi connectivity index (χ1v) is 6.65. The van der Waals surface area contributed by atoms with Gasteiger partial charge in [-0.2, -0.15) is 13.2 Å². The Bertz CT molecular complexity index is 742. The summed E-state index contributed by atoms with van der Waals surface area (Å²) in [6.07, 6.45) is -4.59. The zero-order chi connectivity index (χ0) is 17.7. The first-order valence-electron chi connectivity index (χ1n) is 6.65. The highest BCUT2D eigenvalue weighted by molar-refractivity contribution is 5.95. The molecule has 0 spiro atoms. The van der Waals surface area contributed by atoms with Gasteiger partial charge in [-0.1, -0.05) is 6.07 Å². The van der Waals surface area contributed by atoms with Crippen molar-refractivity contribution in [3.8, 4) is 0 Å². The smallest absolute Gasteiger partial charge is 0.416 e. The molecule has 0 radical (unpaired) electrons. The minimum atomic E-state index is -4.59. The Morgan fingerprint density at radius 2 is 1.71 bits per heavy atom. The number of anilines is 1. The van der Waals surface area contributed by atoms with Gasteiger partial charge in [0.1, 0.15) is 5.82 Å². The van der Waals surface area contributed by atoms with E-state index in [1.165, 1.54) is 12.1 Å². The maximum Gasteiger partial charge on any atom is 0.416 e. The molecule has 2 aromatic rings. The predicted octanol–water partition coefficient (Wildman–Crippen LogP) is 3.64. The Morgan fingerprint density at radius 3 is 2.33 bits per heavy atom. The van der Waals surface area contributed by atoms with Gasteiger partial charge in [0.25, 0.3) is 5.91 Å². The molecule has 4 nitrogen and oxygen atoms in total. The summed E-state index contributed by atoms with van der Waals surface area (Å²) in [6.45, 7) is -0.688. The maximum atomic E-state index is 12.7. The lowest BCUT2D eigenvalue weighted by atomic mass is 10.1. The Kier molecular flexibility index (Phi) is 5.18. The SMILES string of the molecule is O=C(COC(=O)c1cccc(C(F)(F)F)c1)Nc1ccc(F)cc1. The van der Waals surface area contributed by atoms with Crippen LogP contribution in [0.15, 0.2) is 48.5 Å². The van der Waals surface area contributed by atoms with Crippen molar-refractivity contribution in [2.45, 2.75) is 6.18 Å². The minimum Gasteiger partial charge on any atom is -0.452 e. The van der Waals surface area contributed by atoms with Crippen LogP contribution in [0.4, 0.5) is 23.2 Å². The van der Waals surface area contributed by atoms with E-state index < -0.39 is 36.0 Å². The van der Waals surface area contributed by atoms with E-state index in [2.05, 4.69) is 10.1 Å². The van der Waals surface area contributed by atoms with Crippen molar-refractivity contribution in [1.82, 2.24) is 0 Å². The van der Waals surface area contributed by atoms with Crippen LogP contribution >= 0.6 is 0 Å². The molecule has 0 bridgehead atoms. The van der Waals surface area contributed by atoms with Crippen molar-refractivity contribution in [3.05, 3.63) is 65.5 Å². The lowest BCUT2D eigenvalue weighted by Crippen LogP contribution is -2.21. The van der Waals surface area contributed by atoms with E-state index in [9.17, 15) is 27.2 Å². The molecule has 0 aliphatic heterocycles. The monoisotopic (exact) mass is 341 g/mol. The number of hydrogen-bond donors (Lipinski definition) is 1. The number of ether oxygens (including phenoxy) is 1. The van der Waals surface area contributed by atoms with E-state index in [0.717, 1.165) is 30.3 Å². The lowest BCUT2D eigenvalue weighted by molar-refractivity contribution is -0.137. The molecule has 0 atom stereocenters. The molecule has 0 unspecified atom stereocenters. The second-order valence-electron chi connectivity index (χ2n) is 4.71. The number of carbonyl (C=O) groups is 2. The van der Waals surface area contributed by atoms with Crippen LogP contribution in [0, 0.1) is 5.82 Å². The Hall–Kier alpha value is -2.90. The van der Waals surface area contributed by atoms with Crippen LogP contribution in [0.1, 0.15) is 15.9 Å². The fourth-order valence-electron chi connectivity index (χ4n) is 1.77. The van der Waals surface area contributed by atoms with E-state index in [1.54, 1.807) is 0 Å². The highest BCUT2D eigenvalue weighted by Crippen LogP contribution is 2.29. The normalized spacial score (nSPS) is 11.0. The molecule has 1 amide bonds. The largest absolute Gasteiger partial charge is 0.452 e. The van der Waals surface area contributed by atoms with E-state index in [1.807, 2.05) is 0 Å². The molecule has 2 aromatic carbocycles. The van der Waals surface area contributed by atoms with Crippen LogP contribution < -0.4 is 5.32 Å². The summed E-state index contributed by atoms with van der Waals surface area (Å²) < 4.78 is 55.1. The summed E-state index contributed by atoms with van der Waals surface area (Å²) >= 11 is 0. The number of hydrogen-bond acceptors (Lipinski definition) is 3. The number of esters is 1. The molecule has 0 aliphatic rings. The van der Waals surface area contributed by atoms with Gasteiger partial charge in [0.05, 0.1) is 11.1 Å². The number of halogens is 4. The Balaban J connectivity index is 1.93. The molecule has 0 saturated carbocycles. The van der Waals surface area contributed by atoms with Gasteiger partial charge in [-0.05, 0) is 42.5 Å². The number of alkyl halides is 3. The van der Waals surface area contributed by atoms with Gasteiger partial charge in [-0.25, -0.2) is 9.18 Å². The van der Waals surface area contributed by atoms with Gasteiger partial charge in [0.15, 0.2) is 6.61 Å². The predicted molar refractivity (Wildman–Crippen MR) is 76.8 cm³/mol. The third-order valence-electron chi connectivity index (χ3n) is 2.89. The summed E-state index contributed by atoms with van der Waals surface area (Å²) in [5.74, 6) is -2.25. The lowest BCUT2D eigenvalue weighted by Gasteiger charge is -2.09. The van der Waals surface area contributed by atoms with Crippen molar-refractivity contribution in [2.75, 3.05) is 11.9 Å². The summed E-state index contributed by atoms with van der Waals surface area (Å²) in [5, 5.41) is 2.35. The molecule has 8 heteroatoms. The Morgan fingerprint density at radius 1 is 1.04 bits per heavy atom. The summed E-state index contributed by atoms with van der Waals surface area (Å²) in [5.41, 5.74) is -1.02. The van der Waals surface area contributed by atoms with E-state index >= 15 is 0 Å². The molecule has 0 heterocycles.